The van der Waals surface area contributed by atoms with Gasteiger partial charge in [-0.2, -0.15) is 5.26 Å². The molecule has 0 spiro atoms. The molecule has 122 valence electrons. The predicted octanol–water partition coefficient (Wildman–Crippen LogP) is 2.98. The molecule has 0 aromatic carbocycles. The normalized spacial score (nSPS) is 11.7. The standard InChI is InChI=1S/C16H21N5OS/c1-7(2)9-8(6-17)13(19)20-15-10(9)11(18)12(23-15)14(22)21-16(3,4)5/h7H,18H2,1-5H3,(H2,19,20)(H,21,22). The predicted molar refractivity (Wildman–Crippen MR) is 94.5 cm³/mol. The summed E-state index contributed by atoms with van der Waals surface area (Å²) in [6, 6.07) is 2.10. The Balaban J connectivity index is 2.75. The number of hydrogen-bond donors (Lipinski definition) is 3. The molecule has 2 aromatic rings. The molecule has 0 aliphatic rings. The van der Waals surface area contributed by atoms with Crippen LogP contribution in [0.15, 0.2) is 0 Å². The summed E-state index contributed by atoms with van der Waals surface area (Å²) in [6.07, 6.45) is 0. The molecule has 0 aliphatic heterocycles. The second-order valence-electron chi connectivity index (χ2n) is 6.78. The van der Waals surface area contributed by atoms with Crippen LogP contribution < -0.4 is 16.8 Å². The van der Waals surface area contributed by atoms with Gasteiger partial charge in [-0.1, -0.05) is 13.8 Å². The number of nitrogens with one attached hydrogen (secondary N) is 1. The monoisotopic (exact) mass is 331 g/mol. The minimum absolute atomic E-state index is 0.0351. The van der Waals surface area contributed by atoms with Gasteiger partial charge < -0.3 is 16.8 Å². The van der Waals surface area contributed by atoms with Crippen LogP contribution >= 0.6 is 11.3 Å². The van der Waals surface area contributed by atoms with Crippen molar-refractivity contribution in [3.05, 3.63) is 16.0 Å². The first-order chi connectivity index (χ1) is 10.6. The van der Waals surface area contributed by atoms with E-state index in [-0.39, 0.29) is 23.2 Å². The van der Waals surface area contributed by atoms with Crippen LogP contribution in [-0.4, -0.2) is 16.4 Å². The van der Waals surface area contributed by atoms with E-state index in [1.54, 1.807) is 0 Å². The van der Waals surface area contributed by atoms with E-state index >= 15 is 0 Å². The van der Waals surface area contributed by atoms with E-state index in [0.717, 1.165) is 5.56 Å². The largest absolute Gasteiger partial charge is 0.397 e. The van der Waals surface area contributed by atoms with Crippen LogP contribution in [0, 0.1) is 11.3 Å². The average molecular weight is 331 g/mol. The molecule has 0 aliphatic carbocycles. The SMILES string of the molecule is CC(C)c1c(C#N)c(N)nc2sc(C(=O)NC(C)(C)C)c(N)c12. The van der Waals surface area contributed by atoms with Gasteiger partial charge in [-0.25, -0.2) is 4.98 Å². The number of rotatable bonds is 2. The van der Waals surface area contributed by atoms with Crippen molar-refractivity contribution in [2.24, 2.45) is 0 Å². The molecule has 0 radical (unpaired) electrons. The molecule has 0 bridgehead atoms. The molecule has 23 heavy (non-hydrogen) atoms. The van der Waals surface area contributed by atoms with Crippen LogP contribution in [0.5, 0.6) is 0 Å². The van der Waals surface area contributed by atoms with E-state index in [0.29, 0.717) is 26.3 Å². The van der Waals surface area contributed by atoms with Crippen LogP contribution in [0.1, 0.15) is 61.3 Å². The molecule has 0 saturated heterocycles. The lowest BCUT2D eigenvalue weighted by atomic mass is 9.95. The van der Waals surface area contributed by atoms with Gasteiger partial charge in [0.2, 0.25) is 0 Å². The molecule has 2 heterocycles. The highest BCUT2D eigenvalue weighted by Gasteiger charge is 2.26. The number of nitrogens with zero attached hydrogens (tertiary/aromatic N) is 2. The third-order valence-electron chi connectivity index (χ3n) is 3.33. The molecule has 0 unspecified atom stereocenters. The Hall–Kier alpha value is -2.33. The van der Waals surface area contributed by atoms with Gasteiger partial charge in [-0.15, -0.1) is 11.3 Å². The Labute approximate surface area is 139 Å². The second kappa shape index (κ2) is 5.70. The number of fused-ring (bicyclic) bond motifs is 1. The highest BCUT2D eigenvalue weighted by atomic mass is 32.1. The fourth-order valence-electron chi connectivity index (χ4n) is 2.46. The summed E-state index contributed by atoms with van der Waals surface area (Å²) < 4.78 is 0. The molecule has 0 fully saturated rings. The van der Waals surface area contributed by atoms with Crippen LogP contribution in [0.4, 0.5) is 11.5 Å². The molecule has 2 rings (SSSR count). The van der Waals surface area contributed by atoms with E-state index in [1.807, 2.05) is 34.6 Å². The van der Waals surface area contributed by atoms with Crippen molar-refractivity contribution in [2.75, 3.05) is 11.5 Å². The van der Waals surface area contributed by atoms with E-state index in [4.69, 9.17) is 11.5 Å². The van der Waals surface area contributed by atoms with E-state index < -0.39 is 0 Å². The number of pyridine rings is 1. The summed E-state index contributed by atoms with van der Waals surface area (Å²) >= 11 is 1.20. The van der Waals surface area contributed by atoms with Gasteiger partial charge in [0.05, 0.1) is 11.3 Å². The number of nitriles is 1. The van der Waals surface area contributed by atoms with Crippen LogP contribution in [0.3, 0.4) is 0 Å². The zero-order chi connectivity index (χ0) is 17.5. The van der Waals surface area contributed by atoms with Crippen molar-refractivity contribution in [3.63, 3.8) is 0 Å². The van der Waals surface area contributed by atoms with Gasteiger partial charge in [-0.05, 0) is 32.3 Å². The number of carbonyl (C=O) groups excluding carboxylic acids is 1. The lowest BCUT2D eigenvalue weighted by molar-refractivity contribution is 0.0924. The third kappa shape index (κ3) is 3.08. The number of hydrogen-bond acceptors (Lipinski definition) is 6. The fraction of sp³-hybridized carbons (Fsp3) is 0.438. The molecule has 2 aromatic heterocycles. The zero-order valence-electron chi connectivity index (χ0n) is 13.9. The Morgan fingerprint density at radius 2 is 1.96 bits per heavy atom. The average Bonchev–Trinajstić information content (AvgIpc) is 2.72. The molecule has 7 heteroatoms. The van der Waals surface area contributed by atoms with Crippen LogP contribution in [0.25, 0.3) is 10.2 Å². The van der Waals surface area contributed by atoms with Crippen molar-refractivity contribution in [2.45, 2.75) is 46.1 Å². The molecular formula is C16H21N5OS. The Bertz CT molecular complexity index is 824. The first kappa shape index (κ1) is 17.0. The van der Waals surface area contributed by atoms with Crippen LogP contribution in [0.2, 0.25) is 0 Å². The van der Waals surface area contributed by atoms with Crippen molar-refractivity contribution in [1.29, 1.82) is 5.26 Å². The fourth-order valence-corrected chi connectivity index (χ4v) is 3.47. The second-order valence-corrected chi connectivity index (χ2v) is 7.78. The Morgan fingerprint density at radius 1 is 1.35 bits per heavy atom. The molecule has 5 N–H and O–H groups in total. The summed E-state index contributed by atoms with van der Waals surface area (Å²) in [6.45, 7) is 9.62. The molecular weight excluding hydrogens is 310 g/mol. The number of aromatic nitrogens is 1. The highest BCUT2D eigenvalue weighted by Crippen LogP contribution is 2.40. The van der Waals surface area contributed by atoms with Gasteiger partial charge in [0.1, 0.15) is 21.6 Å². The number of thiophene rings is 1. The summed E-state index contributed by atoms with van der Waals surface area (Å²) in [5.41, 5.74) is 13.2. The van der Waals surface area contributed by atoms with Gasteiger partial charge in [0, 0.05) is 10.9 Å². The summed E-state index contributed by atoms with van der Waals surface area (Å²) in [7, 11) is 0. The zero-order valence-corrected chi connectivity index (χ0v) is 14.8. The Morgan fingerprint density at radius 3 is 2.43 bits per heavy atom. The van der Waals surface area contributed by atoms with E-state index in [1.165, 1.54) is 11.3 Å². The van der Waals surface area contributed by atoms with Crippen molar-refractivity contribution in [1.82, 2.24) is 10.3 Å². The van der Waals surface area contributed by atoms with Crippen molar-refractivity contribution in [3.8, 4) is 6.07 Å². The summed E-state index contributed by atoms with van der Waals surface area (Å²) in [5, 5.41) is 12.9. The van der Waals surface area contributed by atoms with Crippen molar-refractivity contribution < 1.29 is 4.79 Å². The topological polar surface area (TPSA) is 118 Å². The lowest BCUT2D eigenvalue weighted by Gasteiger charge is -2.20. The molecule has 0 saturated carbocycles. The minimum atomic E-state index is -0.370. The number of nitrogens with two attached hydrogens (primary N) is 2. The van der Waals surface area contributed by atoms with Gasteiger partial charge >= 0.3 is 0 Å². The van der Waals surface area contributed by atoms with E-state index in [9.17, 15) is 10.1 Å². The van der Waals surface area contributed by atoms with Gasteiger partial charge in [-0.3, -0.25) is 4.79 Å². The first-order valence-electron chi connectivity index (χ1n) is 7.30. The number of anilines is 2. The Kier molecular flexibility index (Phi) is 4.22. The molecule has 0 atom stereocenters. The number of carbonyl (C=O) groups is 1. The van der Waals surface area contributed by atoms with Gasteiger partial charge in [0.15, 0.2) is 0 Å². The number of amides is 1. The summed E-state index contributed by atoms with van der Waals surface area (Å²) in [5.74, 6) is -0.0367. The third-order valence-corrected chi connectivity index (χ3v) is 4.43. The summed E-state index contributed by atoms with van der Waals surface area (Å²) in [4.78, 5) is 17.7. The quantitative estimate of drug-likeness (QED) is 0.782. The van der Waals surface area contributed by atoms with E-state index in [2.05, 4.69) is 16.4 Å². The molecule has 6 nitrogen and oxygen atoms in total. The van der Waals surface area contributed by atoms with Crippen molar-refractivity contribution >= 4 is 39.0 Å². The minimum Gasteiger partial charge on any atom is -0.397 e. The first-order valence-corrected chi connectivity index (χ1v) is 8.12. The maximum absolute atomic E-state index is 12.5. The van der Waals surface area contributed by atoms with Gasteiger partial charge in [0.25, 0.3) is 5.91 Å². The maximum Gasteiger partial charge on any atom is 0.263 e. The lowest BCUT2D eigenvalue weighted by Crippen LogP contribution is -2.40. The molecule has 1 amide bonds. The number of nitrogen functional groups attached to an aromatic ring is 2. The maximum atomic E-state index is 12.5. The smallest absolute Gasteiger partial charge is 0.263 e. The highest BCUT2D eigenvalue weighted by molar-refractivity contribution is 7.21. The van der Waals surface area contributed by atoms with Crippen LogP contribution in [-0.2, 0) is 0 Å².